The average Bonchev–Trinajstić information content (AvgIpc) is 2.49. The Kier molecular flexibility index (Phi) is 4.73. The Hall–Kier alpha value is -1.46. The minimum absolute atomic E-state index is 0.0532. The van der Waals surface area contributed by atoms with E-state index in [-0.39, 0.29) is 11.7 Å². The predicted octanol–water partition coefficient (Wildman–Crippen LogP) is 1.98. The highest BCUT2D eigenvalue weighted by atomic mass is 19.1. The van der Waals surface area contributed by atoms with Crippen LogP contribution in [0.2, 0.25) is 0 Å². The number of hydrogen-bond donors (Lipinski definition) is 0. The highest BCUT2D eigenvalue weighted by molar-refractivity contribution is 5.78. The summed E-state index contributed by atoms with van der Waals surface area (Å²) >= 11 is 0. The van der Waals surface area contributed by atoms with Gasteiger partial charge in [-0.15, -0.1) is 0 Å². The summed E-state index contributed by atoms with van der Waals surface area (Å²) in [5.74, 6) is -0.798. The van der Waals surface area contributed by atoms with Crippen molar-refractivity contribution in [3.8, 4) is 0 Å². The van der Waals surface area contributed by atoms with Crippen molar-refractivity contribution >= 4 is 5.91 Å². The molecule has 1 heterocycles. The largest absolute Gasteiger partial charge is 0.353 e. The van der Waals surface area contributed by atoms with Crippen LogP contribution in [0.5, 0.6) is 0 Å². The molecule has 110 valence electrons. The molecule has 1 saturated heterocycles. The number of nitrogens with zero attached hydrogens (tertiary/aromatic N) is 1. The molecule has 0 atom stereocenters. The number of rotatable bonds is 4. The SMILES string of the molecule is COC1(OC)CCN(C(=O)Cc2ccc(F)cc2)CC1. The molecule has 1 aromatic carbocycles. The highest BCUT2D eigenvalue weighted by Crippen LogP contribution is 2.26. The maximum absolute atomic E-state index is 12.8. The van der Waals surface area contributed by atoms with Gasteiger partial charge in [-0.05, 0) is 17.7 Å². The second-order valence-corrected chi connectivity index (χ2v) is 5.00. The molecule has 0 bridgehead atoms. The van der Waals surface area contributed by atoms with E-state index in [1.807, 2.05) is 0 Å². The number of hydrogen-bond acceptors (Lipinski definition) is 3. The predicted molar refractivity (Wildman–Crippen MR) is 72.7 cm³/mol. The van der Waals surface area contributed by atoms with Gasteiger partial charge in [-0.25, -0.2) is 4.39 Å². The molecule has 0 aliphatic carbocycles. The number of amides is 1. The van der Waals surface area contributed by atoms with E-state index >= 15 is 0 Å². The zero-order valence-corrected chi connectivity index (χ0v) is 11.9. The first-order chi connectivity index (χ1) is 9.58. The van der Waals surface area contributed by atoms with Crippen LogP contribution in [0.1, 0.15) is 18.4 Å². The minimum atomic E-state index is -0.563. The lowest BCUT2D eigenvalue weighted by Gasteiger charge is -2.39. The molecule has 1 aliphatic rings. The van der Waals surface area contributed by atoms with Crippen LogP contribution in [0.3, 0.4) is 0 Å². The topological polar surface area (TPSA) is 38.8 Å². The maximum Gasteiger partial charge on any atom is 0.226 e. The normalized spacial score (nSPS) is 18.1. The van der Waals surface area contributed by atoms with Crippen LogP contribution in [-0.2, 0) is 20.7 Å². The maximum atomic E-state index is 12.8. The molecule has 0 N–H and O–H groups in total. The Morgan fingerprint density at radius 3 is 2.25 bits per heavy atom. The van der Waals surface area contributed by atoms with E-state index in [2.05, 4.69) is 0 Å². The summed E-state index contributed by atoms with van der Waals surface area (Å²) in [7, 11) is 3.25. The van der Waals surface area contributed by atoms with Gasteiger partial charge < -0.3 is 14.4 Å². The molecule has 1 aliphatic heterocycles. The third-order valence-electron chi connectivity index (χ3n) is 3.89. The summed E-state index contributed by atoms with van der Waals surface area (Å²) in [5, 5.41) is 0. The Morgan fingerprint density at radius 1 is 1.20 bits per heavy atom. The second-order valence-electron chi connectivity index (χ2n) is 5.00. The number of piperidine rings is 1. The molecule has 4 nitrogen and oxygen atoms in total. The third-order valence-corrected chi connectivity index (χ3v) is 3.89. The molecule has 5 heteroatoms. The molecule has 0 aromatic heterocycles. The molecule has 0 radical (unpaired) electrons. The molecule has 0 unspecified atom stereocenters. The molecule has 1 amide bonds. The number of halogens is 1. The Morgan fingerprint density at radius 2 is 1.75 bits per heavy atom. The fourth-order valence-electron chi connectivity index (χ4n) is 2.48. The minimum Gasteiger partial charge on any atom is -0.353 e. The first-order valence-corrected chi connectivity index (χ1v) is 6.71. The number of methoxy groups -OCH3 is 2. The summed E-state index contributed by atoms with van der Waals surface area (Å²) in [6, 6.07) is 6.04. The molecular weight excluding hydrogens is 261 g/mol. The third kappa shape index (κ3) is 3.35. The van der Waals surface area contributed by atoms with Gasteiger partial charge in [0, 0.05) is 40.2 Å². The van der Waals surface area contributed by atoms with Gasteiger partial charge in [0.1, 0.15) is 5.82 Å². The van der Waals surface area contributed by atoms with Crippen LogP contribution in [-0.4, -0.2) is 43.9 Å². The molecule has 1 fully saturated rings. The average molecular weight is 281 g/mol. The first kappa shape index (κ1) is 14.9. The summed E-state index contributed by atoms with van der Waals surface area (Å²) in [4.78, 5) is 14.0. The Bertz CT molecular complexity index is 447. The molecule has 0 saturated carbocycles. The standard InChI is InChI=1S/C15H20FNO3/c1-19-15(20-2)7-9-17(10-8-15)14(18)11-12-3-5-13(16)6-4-12/h3-6H,7-11H2,1-2H3. The van der Waals surface area contributed by atoms with Crippen molar-refractivity contribution in [3.63, 3.8) is 0 Å². The van der Waals surface area contributed by atoms with Crippen LogP contribution in [0.15, 0.2) is 24.3 Å². The van der Waals surface area contributed by atoms with Crippen molar-refractivity contribution in [2.75, 3.05) is 27.3 Å². The van der Waals surface area contributed by atoms with Gasteiger partial charge in [-0.2, -0.15) is 0 Å². The van der Waals surface area contributed by atoms with Gasteiger partial charge in [-0.1, -0.05) is 12.1 Å². The van der Waals surface area contributed by atoms with E-state index in [9.17, 15) is 9.18 Å². The smallest absolute Gasteiger partial charge is 0.226 e. The van der Waals surface area contributed by atoms with Gasteiger partial charge in [-0.3, -0.25) is 4.79 Å². The molecule has 2 rings (SSSR count). The molecular formula is C15H20FNO3. The quantitative estimate of drug-likeness (QED) is 0.792. The monoisotopic (exact) mass is 281 g/mol. The van der Waals surface area contributed by atoms with E-state index in [0.717, 1.165) is 5.56 Å². The van der Waals surface area contributed by atoms with Crippen LogP contribution < -0.4 is 0 Å². The Balaban J connectivity index is 1.90. The van der Waals surface area contributed by atoms with E-state index in [0.29, 0.717) is 32.4 Å². The zero-order valence-electron chi connectivity index (χ0n) is 11.9. The zero-order chi connectivity index (χ0) is 14.6. The molecule has 0 spiro atoms. The summed E-state index contributed by atoms with van der Waals surface area (Å²) in [5.41, 5.74) is 0.826. The first-order valence-electron chi connectivity index (χ1n) is 6.71. The lowest BCUT2D eigenvalue weighted by Crippen LogP contribution is -2.49. The second kappa shape index (κ2) is 6.33. The van der Waals surface area contributed by atoms with Gasteiger partial charge in [0.25, 0.3) is 0 Å². The highest BCUT2D eigenvalue weighted by Gasteiger charge is 2.35. The lowest BCUT2D eigenvalue weighted by molar-refractivity contribution is -0.228. The number of ether oxygens (including phenoxy) is 2. The number of carbonyl (C=O) groups excluding carboxylic acids is 1. The number of likely N-dealkylation sites (tertiary alicyclic amines) is 1. The Labute approximate surface area is 118 Å². The van der Waals surface area contributed by atoms with Crippen molar-refractivity contribution in [1.82, 2.24) is 4.90 Å². The van der Waals surface area contributed by atoms with Crippen molar-refractivity contribution in [1.29, 1.82) is 0 Å². The van der Waals surface area contributed by atoms with E-state index in [1.54, 1.807) is 31.3 Å². The number of carbonyl (C=O) groups is 1. The van der Waals surface area contributed by atoms with Crippen molar-refractivity contribution in [2.45, 2.75) is 25.0 Å². The van der Waals surface area contributed by atoms with Crippen LogP contribution in [0.4, 0.5) is 4.39 Å². The molecule has 1 aromatic rings. The van der Waals surface area contributed by atoms with E-state index in [1.165, 1.54) is 12.1 Å². The van der Waals surface area contributed by atoms with E-state index in [4.69, 9.17) is 9.47 Å². The molecule has 20 heavy (non-hydrogen) atoms. The summed E-state index contributed by atoms with van der Waals surface area (Å²) < 4.78 is 23.6. The van der Waals surface area contributed by atoms with Gasteiger partial charge in [0.2, 0.25) is 5.91 Å². The van der Waals surface area contributed by atoms with E-state index < -0.39 is 5.79 Å². The fraction of sp³-hybridized carbons (Fsp3) is 0.533. The van der Waals surface area contributed by atoms with Crippen molar-refractivity contribution in [2.24, 2.45) is 0 Å². The van der Waals surface area contributed by atoms with Gasteiger partial charge >= 0.3 is 0 Å². The van der Waals surface area contributed by atoms with Crippen molar-refractivity contribution in [3.05, 3.63) is 35.6 Å². The fourth-order valence-corrected chi connectivity index (χ4v) is 2.48. The summed E-state index contributed by atoms with van der Waals surface area (Å²) in [6.45, 7) is 1.23. The van der Waals surface area contributed by atoms with Gasteiger partial charge in [0.15, 0.2) is 5.79 Å². The van der Waals surface area contributed by atoms with Crippen LogP contribution >= 0.6 is 0 Å². The van der Waals surface area contributed by atoms with Crippen molar-refractivity contribution < 1.29 is 18.7 Å². The summed E-state index contributed by atoms with van der Waals surface area (Å²) in [6.07, 6.45) is 1.62. The van der Waals surface area contributed by atoms with Crippen LogP contribution in [0, 0.1) is 5.82 Å². The lowest BCUT2D eigenvalue weighted by atomic mass is 10.0. The van der Waals surface area contributed by atoms with Gasteiger partial charge in [0.05, 0.1) is 6.42 Å². The number of benzene rings is 1. The van der Waals surface area contributed by atoms with Crippen LogP contribution in [0.25, 0.3) is 0 Å².